The highest BCUT2D eigenvalue weighted by atomic mass is 32.2. The number of halogens is 1. The third-order valence-electron chi connectivity index (χ3n) is 4.97. The molecule has 0 saturated carbocycles. The van der Waals surface area contributed by atoms with Crippen LogP contribution in [0, 0.1) is 25.6 Å². The minimum absolute atomic E-state index is 0.0992. The van der Waals surface area contributed by atoms with Crippen LogP contribution in [-0.4, -0.2) is 41.9 Å². The summed E-state index contributed by atoms with van der Waals surface area (Å²) in [5.74, 6) is -0.630. The molecule has 1 aliphatic heterocycles. The number of hydrogen-bond acceptors (Lipinski definition) is 7. The quantitative estimate of drug-likeness (QED) is 0.671. The lowest BCUT2D eigenvalue weighted by molar-refractivity contribution is -0.120. The monoisotopic (exact) mass is 438 g/mol. The highest BCUT2D eigenvalue weighted by Gasteiger charge is 2.35. The molecule has 3 aromatic rings. The van der Waals surface area contributed by atoms with Crippen molar-refractivity contribution < 1.29 is 22.1 Å². The van der Waals surface area contributed by atoms with Crippen molar-refractivity contribution in [1.29, 1.82) is 0 Å². The maximum Gasteiger partial charge on any atom is 0.248 e. The van der Waals surface area contributed by atoms with Crippen LogP contribution in [0.4, 0.5) is 9.52 Å². The number of fused-ring (bicyclic) bond motifs is 1. The summed E-state index contributed by atoms with van der Waals surface area (Å²) in [6.07, 6.45) is 0.794. The van der Waals surface area contributed by atoms with Crippen LogP contribution < -0.4 is 5.32 Å². The van der Waals surface area contributed by atoms with Gasteiger partial charge in [0.25, 0.3) is 0 Å². The molecule has 0 bridgehead atoms. The number of nitrogens with one attached hydrogen (secondary N) is 1. The molecular formula is C18H19FN4O4S2. The van der Waals surface area contributed by atoms with Gasteiger partial charge in [-0.3, -0.25) is 4.79 Å². The van der Waals surface area contributed by atoms with E-state index in [0.29, 0.717) is 33.9 Å². The molecule has 8 nitrogen and oxygen atoms in total. The normalized spacial score (nSPS) is 16.4. The summed E-state index contributed by atoms with van der Waals surface area (Å²) in [6.45, 7) is 3.62. The van der Waals surface area contributed by atoms with Gasteiger partial charge in [-0.25, -0.2) is 17.8 Å². The molecule has 1 aromatic carbocycles. The number of aryl methyl sites for hydroxylation is 2. The van der Waals surface area contributed by atoms with Gasteiger partial charge < -0.3 is 9.84 Å². The van der Waals surface area contributed by atoms with E-state index >= 15 is 0 Å². The molecule has 1 N–H and O–H groups in total. The van der Waals surface area contributed by atoms with Crippen molar-refractivity contribution in [3.63, 3.8) is 0 Å². The number of hydrogen-bond donors (Lipinski definition) is 1. The third kappa shape index (κ3) is 3.77. The molecule has 0 atom stereocenters. The summed E-state index contributed by atoms with van der Waals surface area (Å²) < 4.78 is 46.1. The average molecular weight is 439 g/mol. The van der Waals surface area contributed by atoms with Crippen molar-refractivity contribution in [1.82, 2.24) is 14.4 Å². The Hall–Kier alpha value is -2.37. The van der Waals surface area contributed by atoms with Gasteiger partial charge >= 0.3 is 0 Å². The van der Waals surface area contributed by atoms with Crippen LogP contribution >= 0.6 is 11.3 Å². The topological polar surface area (TPSA) is 105 Å². The minimum atomic E-state index is -3.71. The van der Waals surface area contributed by atoms with Crippen molar-refractivity contribution in [2.45, 2.75) is 31.6 Å². The highest BCUT2D eigenvalue weighted by molar-refractivity contribution is 7.89. The summed E-state index contributed by atoms with van der Waals surface area (Å²) >= 11 is 1.20. The fourth-order valence-electron chi connectivity index (χ4n) is 3.49. The largest absolute Gasteiger partial charge is 0.360 e. The number of piperidine rings is 1. The molecule has 2 aromatic heterocycles. The molecule has 3 heterocycles. The molecule has 0 aliphatic carbocycles. The zero-order chi connectivity index (χ0) is 20.8. The van der Waals surface area contributed by atoms with E-state index in [-0.39, 0.29) is 41.4 Å². The van der Waals surface area contributed by atoms with Crippen molar-refractivity contribution >= 4 is 42.6 Å². The fraction of sp³-hybridized carbons (Fsp3) is 0.389. The highest BCUT2D eigenvalue weighted by Crippen LogP contribution is 2.30. The summed E-state index contributed by atoms with van der Waals surface area (Å²) in [5, 5.41) is 6.89. The van der Waals surface area contributed by atoms with Crippen LogP contribution in [-0.2, 0) is 14.8 Å². The third-order valence-corrected chi connectivity index (χ3v) is 8.05. The molecule has 1 saturated heterocycles. The van der Waals surface area contributed by atoms with Crippen LogP contribution in [0.5, 0.6) is 0 Å². The first kappa shape index (κ1) is 19.9. The van der Waals surface area contributed by atoms with Gasteiger partial charge in [0.15, 0.2) is 10.9 Å². The van der Waals surface area contributed by atoms with Crippen molar-refractivity contribution in [2.75, 3.05) is 18.4 Å². The van der Waals surface area contributed by atoms with E-state index in [0.717, 1.165) is 0 Å². The first-order chi connectivity index (χ1) is 13.8. The predicted octanol–water partition coefficient (Wildman–Crippen LogP) is 3.08. The molecular weight excluding hydrogens is 419 g/mol. The maximum absolute atomic E-state index is 13.3. The van der Waals surface area contributed by atoms with Crippen LogP contribution in [0.25, 0.3) is 10.2 Å². The van der Waals surface area contributed by atoms with Crippen molar-refractivity contribution in [3.05, 3.63) is 35.5 Å². The standard InChI is InChI=1S/C18H19FN4O4S2/c1-10-16(11(2)27-22-10)29(25,26)23-7-5-12(6-8-23)17(24)21-18-20-14-4-3-13(19)9-15(14)28-18/h3-4,9,12H,5-8H2,1-2H3,(H,20,21,24). The van der Waals surface area contributed by atoms with E-state index in [1.54, 1.807) is 19.9 Å². The molecule has 0 radical (unpaired) electrons. The van der Waals surface area contributed by atoms with Gasteiger partial charge in [0.1, 0.15) is 16.4 Å². The van der Waals surface area contributed by atoms with Gasteiger partial charge in [0.2, 0.25) is 15.9 Å². The number of carbonyl (C=O) groups is 1. The van der Waals surface area contributed by atoms with E-state index in [1.807, 2.05) is 0 Å². The van der Waals surface area contributed by atoms with Crippen LogP contribution in [0.2, 0.25) is 0 Å². The summed E-state index contributed by atoms with van der Waals surface area (Å²) in [5.41, 5.74) is 0.946. The summed E-state index contributed by atoms with van der Waals surface area (Å²) in [6, 6.07) is 4.26. The lowest BCUT2D eigenvalue weighted by Gasteiger charge is -2.30. The molecule has 154 valence electrons. The molecule has 0 spiro atoms. The predicted molar refractivity (Wildman–Crippen MR) is 106 cm³/mol. The number of thiazole rings is 1. The Balaban J connectivity index is 1.41. The Morgan fingerprint density at radius 3 is 2.69 bits per heavy atom. The second-order valence-electron chi connectivity index (χ2n) is 6.95. The van der Waals surface area contributed by atoms with Gasteiger partial charge in [-0.1, -0.05) is 16.5 Å². The van der Waals surface area contributed by atoms with Crippen molar-refractivity contribution in [2.24, 2.45) is 5.92 Å². The lowest BCUT2D eigenvalue weighted by atomic mass is 9.97. The van der Waals surface area contributed by atoms with Gasteiger partial charge in [-0.2, -0.15) is 4.31 Å². The second-order valence-corrected chi connectivity index (χ2v) is 9.86. The number of sulfonamides is 1. The SMILES string of the molecule is Cc1noc(C)c1S(=O)(=O)N1CCC(C(=O)Nc2nc3ccc(F)cc3s2)CC1. The zero-order valence-electron chi connectivity index (χ0n) is 15.8. The van der Waals surface area contributed by atoms with Crippen molar-refractivity contribution in [3.8, 4) is 0 Å². The van der Waals surface area contributed by atoms with Gasteiger partial charge in [0, 0.05) is 19.0 Å². The number of benzene rings is 1. The van der Waals surface area contributed by atoms with Gasteiger partial charge in [0.05, 0.1) is 10.2 Å². The van der Waals surface area contributed by atoms with E-state index in [4.69, 9.17) is 4.52 Å². The summed E-state index contributed by atoms with van der Waals surface area (Å²) in [4.78, 5) is 17.0. The average Bonchev–Trinajstić information content (AvgIpc) is 3.23. The van der Waals surface area contributed by atoms with Gasteiger partial charge in [-0.05, 0) is 44.9 Å². The molecule has 29 heavy (non-hydrogen) atoms. The Kier molecular flexibility index (Phi) is 5.13. The smallest absolute Gasteiger partial charge is 0.248 e. The van der Waals surface area contributed by atoms with E-state index in [2.05, 4.69) is 15.5 Å². The Bertz CT molecular complexity index is 1160. The second kappa shape index (κ2) is 7.47. The minimum Gasteiger partial charge on any atom is -0.360 e. The van der Waals surface area contributed by atoms with Crippen LogP contribution in [0.3, 0.4) is 0 Å². The first-order valence-corrected chi connectivity index (χ1v) is 11.3. The van der Waals surface area contributed by atoms with Gasteiger partial charge in [-0.15, -0.1) is 0 Å². The molecule has 1 amide bonds. The molecule has 1 aliphatic rings. The Morgan fingerprint density at radius 2 is 2.03 bits per heavy atom. The fourth-order valence-corrected chi connectivity index (χ4v) is 6.14. The summed E-state index contributed by atoms with van der Waals surface area (Å²) in [7, 11) is -3.71. The first-order valence-electron chi connectivity index (χ1n) is 9.05. The molecule has 1 fully saturated rings. The Morgan fingerprint density at radius 1 is 1.31 bits per heavy atom. The van der Waals surface area contributed by atoms with E-state index in [1.165, 1.54) is 27.8 Å². The maximum atomic E-state index is 13.3. The van der Waals surface area contributed by atoms with E-state index in [9.17, 15) is 17.6 Å². The molecule has 0 unspecified atom stereocenters. The number of amides is 1. The Labute approximate surface area is 170 Å². The number of nitrogens with zero attached hydrogens (tertiary/aromatic N) is 3. The number of carbonyl (C=O) groups excluding carboxylic acids is 1. The molecule has 4 rings (SSSR count). The zero-order valence-corrected chi connectivity index (χ0v) is 17.4. The number of aromatic nitrogens is 2. The van der Waals surface area contributed by atoms with E-state index < -0.39 is 10.0 Å². The van der Waals surface area contributed by atoms with Crippen LogP contribution in [0.1, 0.15) is 24.3 Å². The molecule has 11 heteroatoms. The number of rotatable bonds is 4. The number of anilines is 1. The van der Waals surface area contributed by atoms with Crippen LogP contribution in [0.15, 0.2) is 27.6 Å². The lowest BCUT2D eigenvalue weighted by Crippen LogP contribution is -2.41.